The maximum atomic E-state index is 12.3. The summed E-state index contributed by atoms with van der Waals surface area (Å²) in [6.07, 6.45) is 2.07. The molecular formula is C16H27N3O3. The summed E-state index contributed by atoms with van der Waals surface area (Å²) in [5.74, 6) is 0.994. The molecule has 0 aromatic carbocycles. The van der Waals surface area contributed by atoms with Gasteiger partial charge in [-0.1, -0.05) is 13.8 Å². The van der Waals surface area contributed by atoms with Crippen LogP contribution in [-0.2, 0) is 9.59 Å². The summed E-state index contributed by atoms with van der Waals surface area (Å²) in [5, 5.41) is 2.65. The molecule has 2 saturated heterocycles. The molecule has 2 aliphatic rings. The summed E-state index contributed by atoms with van der Waals surface area (Å²) in [6, 6.07) is -0.359. The van der Waals surface area contributed by atoms with Gasteiger partial charge in [0.1, 0.15) is 5.54 Å². The Hall–Kier alpha value is -1.59. The molecule has 1 N–H and O–H groups in total. The first-order valence-corrected chi connectivity index (χ1v) is 8.12. The molecule has 0 bridgehead atoms. The van der Waals surface area contributed by atoms with Gasteiger partial charge in [-0.25, -0.2) is 4.79 Å². The summed E-state index contributed by atoms with van der Waals surface area (Å²) in [6.45, 7) is 9.66. The summed E-state index contributed by atoms with van der Waals surface area (Å²) in [4.78, 5) is 39.2. The first kappa shape index (κ1) is 16.8. The maximum Gasteiger partial charge on any atom is 0.325 e. The van der Waals surface area contributed by atoms with E-state index in [0.29, 0.717) is 31.2 Å². The van der Waals surface area contributed by atoms with E-state index in [1.165, 1.54) is 11.3 Å². The van der Waals surface area contributed by atoms with E-state index in [9.17, 15) is 14.4 Å². The Bertz CT molecular complexity index is 465. The van der Waals surface area contributed by atoms with E-state index in [1.807, 2.05) is 4.90 Å². The minimum absolute atomic E-state index is 0.129. The number of amides is 4. The lowest BCUT2D eigenvalue weighted by molar-refractivity contribution is -0.135. The van der Waals surface area contributed by atoms with Gasteiger partial charge in [-0.15, -0.1) is 0 Å². The Morgan fingerprint density at radius 2 is 1.82 bits per heavy atom. The van der Waals surface area contributed by atoms with E-state index in [-0.39, 0.29) is 17.8 Å². The van der Waals surface area contributed by atoms with Gasteiger partial charge in [0.25, 0.3) is 5.91 Å². The largest absolute Gasteiger partial charge is 0.342 e. The zero-order valence-electron chi connectivity index (χ0n) is 14.0. The van der Waals surface area contributed by atoms with Gasteiger partial charge in [-0.2, -0.15) is 0 Å². The minimum atomic E-state index is -0.834. The van der Waals surface area contributed by atoms with Crippen LogP contribution < -0.4 is 5.32 Å². The van der Waals surface area contributed by atoms with Crippen molar-refractivity contribution >= 4 is 17.8 Å². The van der Waals surface area contributed by atoms with Crippen molar-refractivity contribution in [2.45, 2.75) is 52.5 Å². The number of imide groups is 1. The lowest BCUT2D eigenvalue weighted by atomic mass is 9.91. The molecule has 2 aliphatic heterocycles. The average molecular weight is 309 g/mol. The van der Waals surface area contributed by atoms with E-state index in [4.69, 9.17) is 0 Å². The van der Waals surface area contributed by atoms with Gasteiger partial charge < -0.3 is 10.2 Å². The van der Waals surface area contributed by atoms with E-state index in [2.05, 4.69) is 19.2 Å². The maximum absolute atomic E-state index is 12.3. The Kier molecular flexibility index (Phi) is 4.78. The van der Waals surface area contributed by atoms with Crippen LogP contribution in [0.2, 0.25) is 0 Å². The van der Waals surface area contributed by atoms with Crippen molar-refractivity contribution < 1.29 is 14.4 Å². The summed E-state index contributed by atoms with van der Waals surface area (Å²) in [7, 11) is 0. The SMILES string of the molecule is C[C@@H]1C[C@H](C)CN(C(=O)CCCN2C(=O)NC(C)(C)C2=O)C1. The molecule has 0 aromatic rings. The van der Waals surface area contributed by atoms with Crippen molar-refractivity contribution in [2.75, 3.05) is 19.6 Å². The van der Waals surface area contributed by atoms with Crippen molar-refractivity contribution in [3.05, 3.63) is 0 Å². The van der Waals surface area contributed by atoms with E-state index >= 15 is 0 Å². The molecule has 0 spiro atoms. The second kappa shape index (κ2) is 6.26. The molecular weight excluding hydrogens is 282 g/mol. The van der Waals surface area contributed by atoms with Crippen LogP contribution in [0, 0.1) is 11.8 Å². The van der Waals surface area contributed by atoms with Gasteiger partial charge >= 0.3 is 6.03 Å². The number of nitrogens with zero attached hydrogens (tertiary/aromatic N) is 2. The van der Waals surface area contributed by atoms with Crippen LogP contribution in [0.1, 0.15) is 47.0 Å². The number of hydrogen-bond acceptors (Lipinski definition) is 3. The second-order valence-electron chi connectivity index (χ2n) is 7.36. The molecule has 6 nitrogen and oxygen atoms in total. The van der Waals surface area contributed by atoms with Gasteiger partial charge in [-0.3, -0.25) is 14.5 Å². The molecule has 2 atom stereocenters. The topological polar surface area (TPSA) is 69.7 Å². The van der Waals surface area contributed by atoms with Crippen molar-refractivity contribution in [1.29, 1.82) is 0 Å². The van der Waals surface area contributed by atoms with Crippen LogP contribution >= 0.6 is 0 Å². The number of hydrogen-bond donors (Lipinski definition) is 1. The highest BCUT2D eigenvalue weighted by molar-refractivity contribution is 6.06. The van der Waals surface area contributed by atoms with Gasteiger partial charge in [0.2, 0.25) is 5.91 Å². The molecule has 0 aromatic heterocycles. The normalized spacial score (nSPS) is 28.0. The van der Waals surface area contributed by atoms with E-state index in [1.54, 1.807) is 13.8 Å². The van der Waals surface area contributed by atoms with Crippen LogP contribution in [0.25, 0.3) is 0 Å². The van der Waals surface area contributed by atoms with Gasteiger partial charge in [0, 0.05) is 26.1 Å². The summed E-state index contributed by atoms with van der Waals surface area (Å²) in [5.41, 5.74) is -0.834. The Labute approximate surface area is 132 Å². The molecule has 4 amide bonds. The predicted octanol–water partition coefficient (Wildman–Crippen LogP) is 1.60. The number of urea groups is 1. The molecule has 2 heterocycles. The molecule has 124 valence electrons. The highest BCUT2D eigenvalue weighted by atomic mass is 16.2. The number of carbonyl (C=O) groups is 3. The molecule has 0 unspecified atom stereocenters. The van der Waals surface area contributed by atoms with Crippen LogP contribution in [0.3, 0.4) is 0 Å². The van der Waals surface area contributed by atoms with Crippen molar-refractivity contribution in [3.63, 3.8) is 0 Å². The lowest BCUT2D eigenvalue weighted by Gasteiger charge is -2.35. The summed E-state index contributed by atoms with van der Waals surface area (Å²) >= 11 is 0. The molecule has 6 heteroatoms. The third-order valence-electron chi connectivity index (χ3n) is 4.44. The van der Waals surface area contributed by atoms with Crippen molar-refractivity contribution in [2.24, 2.45) is 11.8 Å². The van der Waals surface area contributed by atoms with Crippen molar-refractivity contribution in [1.82, 2.24) is 15.1 Å². The fourth-order valence-corrected chi connectivity index (χ4v) is 3.43. The molecule has 2 rings (SSSR count). The first-order valence-electron chi connectivity index (χ1n) is 8.12. The Morgan fingerprint density at radius 1 is 1.23 bits per heavy atom. The molecule has 22 heavy (non-hydrogen) atoms. The second-order valence-corrected chi connectivity index (χ2v) is 7.36. The number of nitrogens with one attached hydrogen (secondary N) is 1. The minimum Gasteiger partial charge on any atom is -0.342 e. The van der Waals surface area contributed by atoms with E-state index < -0.39 is 5.54 Å². The standard InChI is InChI=1S/C16H27N3O3/c1-11-8-12(2)10-18(9-11)13(20)6-5-7-19-14(21)16(3,4)17-15(19)22/h11-12H,5-10H2,1-4H3,(H,17,22)/t11-,12+. The summed E-state index contributed by atoms with van der Waals surface area (Å²) < 4.78 is 0. The van der Waals surface area contributed by atoms with Gasteiger partial charge in [-0.05, 0) is 38.5 Å². The van der Waals surface area contributed by atoms with Gasteiger partial charge in [0.05, 0.1) is 0 Å². The van der Waals surface area contributed by atoms with E-state index in [0.717, 1.165) is 13.1 Å². The Morgan fingerprint density at radius 3 is 2.32 bits per heavy atom. The molecule has 2 fully saturated rings. The first-order chi connectivity index (χ1) is 10.2. The predicted molar refractivity (Wildman–Crippen MR) is 83.1 cm³/mol. The van der Waals surface area contributed by atoms with Crippen molar-refractivity contribution in [3.8, 4) is 0 Å². The zero-order chi connectivity index (χ0) is 16.5. The third kappa shape index (κ3) is 3.59. The number of carbonyl (C=O) groups excluding carboxylic acids is 3. The average Bonchev–Trinajstić information content (AvgIpc) is 2.59. The fourth-order valence-electron chi connectivity index (χ4n) is 3.43. The quantitative estimate of drug-likeness (QED) is 0.802. The van der Waals surface area contributed by atoms with Crippen LogP contribution in [0.4, 0.5) is 4.79 Å². The van der Waals surface area contributed by atoms with Gasteiger partial charge in [0.15, 0.2) is 0 Å². The zero-order valence-corrected chi connectivity index (χ0v) is 14.0. The molecule has 0 aliphatic carbocycles. The van der Waals surface area contributed by atoms with Crippen LogP contribution in [0.15, 0.2) is 0 Å². The van der Waals surface area contributed by atoms with Crippen LogP contribution in [-0.4, -0.2) is 52.8 Å². The fraction of sp³-hybridized carbons (Fsp3) is 0.812. The smallest absolute Gasteiger partial charge is 0.325 e. The highest BCUT2D eigenvalue weighted by Crippen LogP contribution is 2.22. The van der Waals surface area contributed by atoms with Crippen LogP contribution in [0.5, 0.6) is 0 Å². The lowest BCUT2D eigenvalue weighted by Crippen LogP contribution is -2.43. The molecule has 0 saturated carbocycles. The third-order valence-corrected chi connectivity index (χ3v) is 4.44. The Balaban J connectivity index is 1.80. The number of rotatable bonds is 4. The highest BCUT2D eigenvalue weighted by Gasteiger charge is 2.43. The number of piperidine rings is 1. The number of likely N-dealkylation sites (tertiary alicyclic amines) is 1. The molecule has 0 radical (unpaired) electrons. The monoisotopic (exact) mass is 309 g/mol.